The van der Waals surface area contributed by atoms with Crippen LogP contribution in [0.1, 0.15) is 38.3 Å². The molecule has 2 aromatic rings. The zero-order valence-corrected chi connectivity index (χ0v) is 15.9. The van der Waals surface area contributed by atoms with Gasteiger partial charge in [-0.15, -0.1) is 0 Å². The van der Waals surface area contributed by atoms with Crippen LogP contribution in [-0.4, -0.2) is 15.8 Å². The van der Waals surface area contributed by atoms with Gasteiger partial charge in [-0.05, 0) is 29.5 Å². The zero-order valence-electron chi connectivity index (χ0n) is 14.4. The van der Waals surface area contributed by atoms with Gasteiger partial charge in [-0.25, -0.2) is 9.97 Å². The molecule has 2 N–H and O–H groups in total. The van der Waals surface area contributed by atoms with Crippen LogP contribution < -0.4 is 10.6 Å². The average Bonchev–Trinajstić information content (AvgIpc) is 2.69. The lowest BCUT2D eigenvalue weighted by atomic mass is 9.73. The van der Waals surface area contributed by atoms with Crippen molar-refractivity contribution in [3.8, 4) is 0 Å². The van der Waals surface area contributed by atoms with E-state index >= 15 is 0 Å². The highest BCUT2D eigenvalue weighted by Gasteiger charge is 2.39. The smallest absolute Gasteiger partial charge is 0.163 e. The Morgan fingerprint density at radius 3 is 2.81 bits per heavy atom. The van der Waals surface area contributed by atoms with E-state index in [1.807, 2.05) is 6.07 Å². The Morgan fingerprint density at radius 1 is 1.23 bits per heavy atom. The van der Waals surface area contributed by atoms with Crippen molar-refractivity contribution in [2.24, 2.45) is 5.41 Å². The third-order valence-corrected chi connectivity index (χ3v) is 5.32. The van der Waals surface area contributed by atoms with Crippen LogP contribution in [0.25, 0.3) is 0 Å². The second-order valence-electron chi connectivity index (χ2n) is 7.49. The van der Waals surface area contributed by atoms with Crippen molar-refractivity contribution in [2.45, 2.75) is 32.7 Å². The number of anilines is 2. The lowest BCUT2D eigenvalue weighted by Crippen LogP contribution is -2.31. The van der Waals surface area contributed by atoms with Crippen LogP contribution in [0.3, 0.4) is 0 Å². The summed E-state index contributed by atoms with van der Waals surface area (Å²) in [5.74, 6) is 0.740. The molecule has 1 unspecified atom stereocenters. The van der Waals surface area contributed by atoms with Crippen LogP contribution in [0.15, 0.2) is 42.0 Å². The molecular formula is C19H18Cl2N4O. The van der Waals surface area contributed by atoms with Gasteiger partial charge in [0, 0.05) is 27.7 Å². The summed E-state index contributed by atoms with van der Waals surface area (Å²) in [5, 5.41) is 7.82. The number of nitrogens with one attached hydrogen (secondary N) is 2. The molecule has 0 saturated heterocycles. The minimum absolute atomic E-state index is 0.105. The Balaban J connectivity index is 1.91. The highest BCUT2D eigenvalue weighted by Crippen LogP contribution is 2.45. The lowest BCUT2D eigenvalue weighted by molar-refractivity contribution is -0.118. The van der Waals surface area contributed by atoms with Gasteiger partial charge in [0.15, 0.2) is 11.6 Å². The normalized spacial score (nSPS) is 21.2. The lowest BCUT2D eigenvalue weighted by Gasteiger charge is -2.34. The molecule has 26 heavy (non-hydrogen) atoms. The van der Waals surface area contributed by atoms with Gasteiger partial charge in [0.1, 0.15) is 6.33 Å². The molecular weight excluding hydrogens is 371 g/mol. The number of Topliss-reactive ketones (excluding diaryl/α,β-unsaturated/α-hetero) is 1. The van der Waals surface area contributed by atoms with Crippen molar-refractivity contribution >= 4 is 40.5 Å². The average molecular weight is 389 g/mol. The first-order chi connectivity index (χ1) is 12.3. The van der Waals surface area contributed by atoms with Gasteiger partial charge in [0.25, 0.3) is 0 Å². The van der Waals surface area contributed by atoms with Crippen molar-refractivity contribution in [3.63, 3.8) is 0 Å². The molecule has 0 bridgehead atoms. The quantitative estimate of drug-likeness (QED) is 0.718. The summed E-state index contributed by atoms with van der Waals surface area (Å²) >= 11 is 12.5. The van der Waals surface area contributed by atoms with Crippen molar-refractivity contribution in [2.75, 3.05) is 10.6 Å². The molecule has 0 spiro atoms. The van der Waals surface area contributed by atoms with E-state index < -0.39 is 6.04 Å². The Kier molecular flexibility index (Phi) is 4.16. The molecule has 2 heterocycles. The fourth-order valence-corrected chi connectivity index (χ4v) is 4.18. The number of carbonyl (C=O) groups is 1. The first-order valence-electron chi connectivity index (χ1n) is 8.39. The summed E-state index contributed by atoms with van der Waals surface area (Å²) in [7, 11) is 0. The maximum Gasteiger partial charge on any atom is 0.163 e. The number of carbonyl (C=O) groups excluding carboxylic acids is 1. The number of halogens is 2. The maximum absolute atomic E-state index is 13.1. The van der Waals surface area contributed by atoms with Gasteiger partial charge >= 0.3 is 0 Å². The molecule has 5 nitrogen and oxygen atoms in total. The fraction of sp³-hybridized carbons (Fsp3) is 0.316. The fourth-order valence-electron chi connectivity index (χ4n) is 3.66. The minimum Gasteiger partial charge on any atom is -0.357 e. The van der Waals surface area contributed by atoms with Crippen molar-refractivity contribution in [1.82, 2.24) is 9.97 Å². The van der Waals surface area contributed by atoms with E-state index in [1.165, 1.54) is 6.33 Å². The molecule has 0 radical (unpaired) electrons. The molecule has 1 aliphatic heterocycles. The van der Waals surface area contributed by atoms with Gasteiger partial charge < -0.3 is 10.6 Å². The summed E-state index contributed by atoms with van der Waals surface area (Å²) in [5.41, 5.74) is 3.02. The Bertz CT molecular complexity index is 939. The summed E-state index contributed by atoms with van der Waals surface area (Å²) in [4.78, 5) is 21.5. The molecule has 7 heteroatoms. The predicted octanol–water partition coefficient (Wildman–Crippen LogP) is 5.01. The molecule has 2 aliphatic rings. The zero-order chi connectivity index (χ0) is 18.5. The number of hydrogen-bond acceptors (Lipinski definition) is 5. The van der Waals surface area contributed by atoms with E-state index in [4.69, 9.17) is 23.2 Å². The number of benzene rings is 1. The summed E-state index contributed by atoms with van der Waals surface area (Å²) in [6, 6.07) is 4.92. The van der Waals surface area contributed by atoms with E-state index in [1.54, 1.807) is 18.3 Å². The monoisotopic (exact) mass is 388 g/mol. The van der Waals surface area contributed by atoms with E-state index in [9.17, 15) is 4.79 Å². The third kappa shape index (κ3) is 3.06. The molecule has 0 saturated carbocycles. The largest absolute Gasteiger partial charge is 0.357 e. The molecule has 134 valence electrons. The van der Waals surface area contributed by atoms with Gasteiger partial charge in [-0.3, -0.25) is 4.79 Å². The van der Waals surface area contributed by atoms with E-state index in [0.29, 0.717) is 27.9 Å². The Hall–Kier alpha value is -2.11. The number of aromatic nitrogens is 2. The first-order valence-corrected chi connectivity index (χ1v) is 9.14. The van der Waals surface area contributed by atoms with Crippen LogP contribution in [0.2, 0.25) is 10.0 Å². The molecule has 0 amide bonds. The number of fused-ring (bicyclic) bond motifs is 1. The van der Waals surface area contributed by atoms with Gasteiger partial charge in [-0.1, -0.05) is 43.1 Å². The van der Waals surface area contributed by atoms with E-state index in [2.05, 4.69) is 34.4 Å². The Labute approximate surface area is 161 Å². The van der Waals surface area contributed by atoms with Crippen LogP contribution in [0.4, 0.5) is 11.5 Å². The molecule has 1 aliphatic carbocycles. The number of allylic oxidation sites excluding steroid dienone is 1. The van der Waals surface area contributed by atoms with Crippen molar-refractivity contribution < 1.29 is 4.79 Å². The second-order valence-corrected chi connectivity index (χ2v) is 8.33. The first kappa shape index (κ1) is 17.3. The molecule has 4 rings (SSSR count). The van der Waals surface area contributed by atoms with E-state index in [-0.39, 0.29) is 11.2 Å². The summed E-state index contributed by atoms with van der Waals surface area (Å²) in [6.45, 7) is 4.20. The van der Waals surface area contributed by atoms with Crippen LogP contribution in [0, 0.1) is 5.41 Å². The van der Waals surface area contributed by atoms with E-state index in [0.717, 1.165) is 23.4 Å². The second kappa shape index (κ2) is 6.25. The molecule has 1 atom stereocenters. The SMILES string of the molecule is CC1(C)CC(=O)C2=C(C1)Nc1cncnc1NC2c1ccc(Cl)cc1Cl. The predicted molar refractivity (Wildman–Crippen MR) is 104 cm³/mol. The highest BCUT2D eigenvalue weighted by atomic mass is 35.5. The number of nitrogens with zero attached hydrogens (tertiary/aromatic N) is 2. The van der Waals surface area contributed by atoms with Gasteiger partial charge in [0.2, 0.25) is 0 Å². The number of ketones is 1. The van der Waals surface area contributed by atoms with Crippen LogP contribution in [-0.2, 0) is 4.79 Å². The minimum atomic E-state index is -0.401. The van der Waals surface area contributed by atoms with Gasteiger partial charge in [0.05, 0.1) is 17.9 Å². The number of rotatable bonds is 1. The standard InChI is InChI=1S/C19H18Cl2N4O/c1-19(2)6-13-16(15(26)7-19)17(11-4-3-10(20)5-12(11)21)25-18-14(24-13)8-22-9-23-18/h3-5,8-9,17,24H,6-7H2,1-2H3,(H,22,23,25). The maximum atomic E-state index is 13.1. The van der Waals surface area contributed by atoms with Crippen LogP contribution >= 0.6 is 23.2 Å². The molecule has 1 aromatic carbocycles. The van der Waals surface area contributed by atoms with Gasteiger partial charge in [-0.2, -0.15) is 0 Å². The number of hydrogen-bond donors (Lipinski definition) is 2. The molecule has 0 fully saturated rings. The topological polar surface area (TPSA) is 66.9 Å². The Morgan fingerprint density at radius 2 is 2.04 bits per heavy atom. The highest BCUT2D eigenvalue weighted by molar-refractivity contribution is 6.35. The molecule has 1 aromatic heterocycles. The summed E-state index contributed by atoms with van der Waals surface area (Å²) < 4.78 is 0. The van der Waals surface area contributed by atoms with Crippen LogP contribution in [0.5, 0.6) is 0 Å². The van der Waals surface area contributed by atoms with Crippen molar-refractivity contribution in [1.29, 1.82) is 0 Å². The summed E-state index contributed by atoms with van der Waals surface area (Å²) in [6.07, 6.45) is 4.42. The van der Waals surface area contributed by atoms with Crippen molar-refractivity contribution in [3.05, 3.63) is 57.6 Å². The third-order valence-electron chi connectivity index (χ3n) is 4.76.